The first kappa shape index (κ1) is 15.1. The van der Waals surface area contributed by atoms with E-state index in [4.69, 9.17) is 0 Å². The number of hydrogen-bond acceptors (Lipinski definition) is 3. The summed E-state index contributed by atoms with van der Waals surface area (Å²) >= 11 is 0. The highest BCUT2D eigenvalue weighted by Gasteiger charge is 2.23. The van der Waals surface area contributed by atoms with Crippen LogP contribution in [0.1, 0.15) is 17.0 Å². The van der Waals surface area contributed by atoms with Gasteiger partial charge in [0.15, 0.2) is 6.67 Å². The second-order valence-corrected chi connectivity index (χ2v) is 5.19. The minimum Gasteiger partial charge on any atom is -0.315 e. The largest absolute Gasteiger partial charge is 0.315 e. The van der Waals surface area contributed by atoms with Crippen LogP contribution in [0.4, 0.5) is 10.1 Å². The van der Waals surface area contributed by atoms with Crippen LogP contribution in [-0.4, -0.2) is 21.8 Å². The number of rotatable bonds is 5. The standard InChI is InChI=1S/C14H17FN4O2/c1-10-14(19(20)21)11(2)18(16-10)9-17(3)8-12-4-6-13(15)7-5-12/h4-7H,8-9H2,1-3H3/p+1. The molecular formula is C14H18FN4O2+. The predicted molar refractivity (Wildman–Crippen MR) is 75.3 cm³/mol. The van der Waals surface area contributed by atoms with E-state index in [1.165, 1.54) is 12.1 Å². The zero-order chi connectivity index (χ0) is 15.6. The number of nitrogens with one attached hydrogen (secondary N) is 1. The lowest BCUT2D eigenvalue weighted by Crippen LogP contribution is -3.07. The molecule has 0 aliphatic heterocycles. The summed E-state index contributed by atoms with van der Waals surface area (Å²) in [4.78, 5) is 11.7. The van der Waals surface area contributed by atoms with Gasteiger partial charge in [0.25, 0.3) is 0 Å². The minimum atomic E-state index is -0.399. The summed E-state index contributed by atoms with van der Waals surface area (Å²) < 4.78 is 14.5. The third-order valence-corrected chi connectivity index (χ3v) is 3.36. The summed E-state index contributed by atoms with van der Waals surface area (Å²) in [5, 5.41) is 15.2. The van der Waals surface area contributed by atoms with E-state index in [0.29, 0.717) is 24.6 Å². The third-order valence-electron chi connectivity index (χ3n) is 3.36. The lowest BCUT2D eigenvalue weighted by atomic mass is 10.2. The second-order valence-electron chi connectivity index (χ2n) is 5.19. The Labute approximate surface area is 121 Å². The number of aryl methyl sites for hydroxylation is 1. The Hall–Kier alpha value is -2.28. The molecule has 2 aromatic rings. The fraction of sp³-hybridized carbons (Fsp3) is 0.357. The smallest absolute Gasteiger partial charge is 0.312 e. The molecule has 1 aromatic carbocycles. The van der Waals surface area contributed by atoms with Crippen LogP contribution in [-0.2, 0) is 13.2 Å². The van der Waals surface area contributed by atoms with Crippen LogP contribution in [0.5, 0.6) is 0 Å². The van der Waals surface area contributed by atoms with Crippen molar-refractivity contribution in [3.8, 4) is 0 Å². The molecule has 112 valence electrons. The first-order chi connectivity index (χ1) is 9.88. The molecule has 1 unspecified atom stereocenters. The topological polar surface area (TPSA) is 65.4 Å². The lowest BCUT2D eigenvalue weighted by Gasteiger charge is -2.14. The Kier molecular flexibility index (Phi) is 4.32. The number of hydrogen-bond donors (Lipinski definition) is 1. The van der Waals surface area contributed by atoms with Gasteiger partial charge < -0.3 is 4.90 Å². The SMILES string of the molecule is Cc1nn(C[NH+](C)Cc2ccc(F)cc2)c(C)c1[N+](=O)[O-]. The molecule has 0 aliphatic carbocycles. The first-order valence-electron chi connectivity index (χ1n) is 6.62. The van der Waals surface area contributed by atoms with Crippen molar-refractivity contribution in [2.75, 3.05) is 7.05 Å². The second kappa shape index (κ2) is 6.01. The zero-order valence-corrected chi connectivity index (χ0v) is 12.3. The number of aromatic nitrogens is 2. The molecule has 2 rings (SSSR count). The summed E-state index contributed by atoms with van der Waals surface area (Å²) in [6.45, 7) is 4.53. The van der Waals surface area contributed by atoms with E-state index in [1.807, 2.05) is 7.05 Å². The molecule has 1 atom stereocenters. The van der Waals surface area contributed by atoms with E-state index in [2.05, 4.69) is 5.10 Å². The predicted octanol–water partition coefficient (Wildman–Crippen LogP) is 1.22. The summed E-state index contributed by atoms with van der Waals surface area (Å²) in [6, 6.07) is 6.33. The van der Waals surface area contributed by atoms with Crippen LogP contribution < -0.4 is 4.90 Å². The average molecular weight is 293 g/mol. The summed E-state index contributed by atoms with van der Waals surface area (Å²) in [5.41, 5.74) is 2.05. The maximum atomic E-state index is 12.9. The third kappa shape index (κ3) is 3.43. The van der Waals surface area contributed by atoms with Crippen molar-refractivity contribution in [1.29, 1.82) is 0 Å². The maximum absolute atomic E-state index is 12.9. The Balaban J connectivity index is 2.09. The molecule has 0 saturated carbocycles. The lowest BCUT2D eigenvalue weighted by molar-refractivity contribution is -0.917. The van der Waals surface area contributed by atoms with E-state index >= 15 is 0 Å². The molecule has 21 heavy (non-hydrogen) atoms. The van der Waals surface area contributed by atoms with E-state index < -0.39 is 4.92 Å². The van der Waals surface area contributed by atoms with Gasteiger partial charge in [-0.2, -0.15) is 5.10 Å². The fourth-order valence-corrected chi connectivity index (χ4v) is 2.37. The molecule has 7 heteroatoms. The molecule has 0 bridgehead atoms. The van der Waals surface area contributed by atoms with Crippen LogP contribution in [0, 0.1) is 29.8 Å². The van der Waals surface area contributed by atoms with Crippen molar-refractivity contribution in [3.05, 3.63) is 57.1 Å². The highest BCUT2D eigenvalue weighted by atomic mass is 19.1. The van der Waals surface area contributed by atoms with E-state index in [0.717, 1.165) is 10.5 Å². The fourth-order valence-electron chi connectivity index (χ4n) is 2.37. The molecule has 1 N–H and O–H groups in total. The van der Waals surface area contributed by atoms with E-state index in [1.54, 1.807) is 30.7 Å². The molecule has 1 aromatic heterocycles. The van der Waals surface area contributed by atoms with Gasteiger partial charge in [-0.25, -0.2) is 9.07 Å². The van der Waals surface area contributed by atoms with Crippen molar-refractivity contribution >= 4 is 5.69 Å². The van der Waals surface area contributed by atoms with Gasteiger partial charge in [-0.3, -0.25) is 10.1 Å². The van der Waals surface area contributed by atoms with Crippen LogP contribution >= 0.6 is 0 Å². The van der Waals surface area contributed by atoms with Crippen LogP contribution in [0.15, 0.2) is 24.3 Å². The summed E-state index contributed by atoms with van der Waals surface area (Å²) in [5.74, 6) is -0.259. The van der Waals surface area contributed by atoms with Crippen molar-refractivity contribution in [2.45, 2.75) is 27.1 Å². The molecule has 0 amide bonds. The Morgan fingerprint density at radius 2 is 1.95 bits per heavy atom. The van der Waals surface area contributed by atoms with Crippen LogP contribution in [0.25, 0.3) is 0 Å². The molecule has 6 nitrogen and oxygen atoms in total. The first-order valence-corrected chi connectivity index (χ1v) is 6.62. The highest BCUT2D eigenvalue weighted by molar-refractivity contribution is 5.39. The van der Waals surface area contributed by atoms with Gasteiger partial charge in [0.1, 0.15) is 23.7 Å². The maximum Gasteiger partial charge on any atom is 0.312 e. The molecular weight excluding hydrogens is 275 g/mol. The Morgan fingerprint density at radius 1 is 1.33 bits per heavy atom. The van der Waals surface area contributed by atoms with Gasteiger partial charge in [-0.15, -0.1) is 0 Å². The van der Waals surface area contributed by atoms with Crippen LogP contribution in [0.2, 0.25) is 0 Å². The monoisotopic (exact) mass is 293 g/mol. The number of quaternary nitrogens is 1. The van der Waals surface area contributed by atoms with Gasteiger partial charge >= 0.3 is 5.69 Å². The zero-order valence-electron chi connectivity index (χ0n) is 12.3. The van der Waals surface area contributed by atoms with Crippen molar-refractivity contribution < 1.29 is 14.2 Å². The normalized spacial score (nSPS) is 12.4. The highest BCUT2D eigenvalue weighted by Crippen LogP contribution is 2.20. The molecule has 0 aliphatic rings. The number of halogens is 1. The van der Waals surface area contributed by atoms with Crippen molar-refractivity contribution in [3.63, 3.8) is 0 Å². The van der Waals surface area contributed by atoms with E-state index in [-0.39, 0.29) is 11.5 Å². The van der Waals surface area contributed by atoms with Gasteiger partial charge in [0.05, 0.1) is 12.0 Å². The minimum absolute atomic E-state index is 0.0737. The summed E-state index contributed by atoms with van der Waals surface area (Å²) in [7, 11) is 1.96. The Morgan fingerprint density at radius 3 is 2.48 bits per heavy atom. The number of benzene rings is 1. The number of nitro groups is 1. The number of nitrogens with zero attached hydrogens (tertiary/aromatic N) is 3. The average Bonchev–Trinajstić information content (AvgIpc) is 2.67. The van der Waals surface area contributed by atoms with Gasteiger partial charge in [-0.1, -0.05) is 12.1 Å². The molecule has 0 spiro atoms. The van der Waals surface area contributed by atoms with Gasteiger partial charge in [-0.05, 0) is 26.0 Å². The van der Waals surface area contributed by atoms with Gasteiger partial charge in [0.2, 0.25) is 0 Å². The quantitative estimate of drug-likeness (QED) is 0.666. The summed E-state index contributed by atoms with van der Waals surface area (Å²) in [6.07, 6.45) is 0. The van der Waals surface area contributed by atoms with Crippen molar-refractivity contribution in [1.82, 2.24) is 9.78 Å². The molecule has 0 fully saturated rings. The Bertz CT molecular complexity index is 652. The molecule has 0 radical (unpaired) electrons. The van der Waals surface area contributed by atoms with Crippen molar-refractivity contribution in [2.24, 2.45) is 0 Å². The molecule has 1 heterocycles. The molecule has 0 saturated heterocycles. The van der Waals surface area contributed by atoms with E-state index in [9.17, 15) is 14.5 Å². The van der Waals surface area contributed by atoms with Gasteiger partial charge in [0, 0.05) is 5.56 Å². The van der Waals surface area contributed by atoms with Crippen LogP contribution in [0.3, 0.4) is 0 Å².